The molecule has 5 nitrogen and oxygen atoms in total. The summed E-state index contributed by atoms with van der Waals surface area (Å²) in [6, 6.07) is 37.0. The maximum atomic E-state index is 12.6. The molecule has 0 saturated carbocycles. The Morgan fingerprint density at radius 1 is 0.674 bits per heavy atom. The van der Waals surface area contributed by atoms with Crippen LogP contribution in [0.1, 0.15) is 5.56 Å². The molecule has 0 saturated heterocycles. The van der Waals surface area contributed by atoms with E-state index in [1.807, 2.05) is 97.1 Å². The second-order valence-corrected chi connectivity index (χ2v) is 9.69. The molecule has 43 heavy (non-hydrogen) atoms. The summed E-state index contributed by atoms with van der Waals surface area (Å²) in [7, 11) is 0. The third kappa shape index (κ3) is 6.23. The number of pyridine rings is 2. The van der Waals surface area contributed by atoms with Gasteiger partial charge in [0.15, 0.2) is 0 Å². The number of aromatic nitrogens is 2. The minimum Gasteiger partial charge on any atom is -0.489 e. The molecule has 0 aliphatic carbocycles. The molecule has 6 rings (SSSR count). The second-order valence-electron chi connectivity index (χ2n) is 9.69. The number of esters is 1. The Morgan fingerprint density at radius 3 is 1.93 bits per heavy atom. The number of alkyl halides is 3. The first-order chi connectivity index (χ1) is 20.8. The second kappa shape index (κ2) is 11.8. The summed E-state index contributed by atoms with van der Waals surface area (Å²) in [4.78, 5) is 20.9. The quantitative estimate of drug-likeness (QED) is 0.141. The normalized spacial score (nSPS) is 11.3. The Kier molecular flexibility index (Phi) is 7.57. The van der Waals surface area contributed by atoms with Gasteiger partial charge in [-0.05, 0) is 71.8 Å². The van der Waals surface area contributed by atoms with Crippen LogP contribution in [0.2, 0.25) is 0 Å². The van der Waals surface area contributed by atoms with Crippen LogP contribution in [0.5, 0.6) is 11.5 Å². The van der Waals surface area contributed by atoms with E-state index < -0.39 is 12.1 Å². The lowest BCUT2D eigenvalue weighted by Gasteiger charge is -2.14. The van der Waals surface area contributed by atoms with E-state index in [0.717, 1.165) is 39.1 Å². The van der Waals surface area contributed by atoms with E-state index in [1.165, 1.54) is 12.1 Å². The smallest absolute Gasteiger partial charge is 0.489 e. The van der Waals surface area contributed by atoms with Gasteiger partial charge in [-0.1, -0.05) is 60.7 Å². The third-order valence-electron chi connectivity index (χ3n) is 6.77. The lowest BCUT2D eigenvalue weighted by molar-refractivity contribution is -0.189. The summed E-state index contributed by atoms with van der Waals surface area (Å²) in [5.41, 5.74) is 6.38. The molecule has 6 aromatic rings. The minimum atomic E-state index is -5.08. The van der Waals surface area contributed by atoms with Crippen molar-refractivity contribution in [1.29, 1.82) is 0 Å². The van der Waals surface area contributed by atoms with E-state index in [9.17, 15) is 18.0 Å². The average Bonchev–Trinajstić information content (AvgIpc) is 3.04. The molecular formula is C35H23F3N2O3. The van der Waals surface area contributed by atoms with Crippen molar-refractivity contribution >= 4 is 16.9 Å². The van der Waals surface area contributed by atoms with E-state index in [-0.39, 0.29) is 5.75 Å². The predicted molar refractivity (Wildman–Crippen MR) is 158 cm³/mol. The fourth-order valence-electron chi connectivity index (χ4n) is 4.68. The summed E-state index contributed by atoms with van der Waals surface area (Å²) < 4.78 is 48.3. The van der Waals surface area contributed by atoms with Gasteiger partial charge in [-0.25, -0.2) is 9.78 Å². The third-order valence-corrected chi connectivity index (χ3v) is 6.77. The number of fused-ring (bicyclic) bond motifs is 1. The SMILES string of the molecule is O=C(Oc1ccc(-c2nc3ccnc(-c4ccc(OCc5ccccc5)cc4)c3cc2-c2ccccc2)cc1)C(F)(F)F. The Hall–Kier alpha value is -5.50. The number of rotatable bonds is 7. The molecule has 0 bridgehead atoms. The van der Waals surface area contributed by atoms with Crippen LogP contribution in [0.3, 0.4) is 0 Å². The molecule has 2 heterocycles. The molecule has 0 radical (unpaired) electrons. The molecule has 212 valence electrons. The van der Waals surface area contributed by atoms with Gasteiger partial charge in [-0.3, -0.25) is 4.98 Å². The number of carbonyl (C=O) groups is 1. The average molecular weight is 577 g/mol. The molecule has 8 heteroatoms. The Bertz CT molecular complexity index is 1880. The number of carbonyl (C=O) groups excluding carboxylic acids is 1. The molecule has 0 amide bonds. The zero-order chi connectivity index (χ0) is 29.8. The highest BCUT2D eigenvalue weighted by molar-refractivity contribution is 5.98. The minimum absolute atomic E-state index is 0.212. The van der Waals surface area contributed by atoms with E-state index in [0.29, 0.717) is 23.4 Å². The fourth-order valence-corrected chi connectivity index (χ4v) is 4.68. The van der Waals surface area contributed by atoms with Crippen molar-refractivity contribution in [3.8, 4) is 45.1 Å². The molecule has 0 aliphatic heterocycles. The highest BCUT2D eigenvalue weighted by Crippen LogP contribution is 2.37. The topological polar surface area (TPSA) is 61.3 Å². The molecular weight excluding hydrogens is 553 g/mol. The zero-order valence-electron chi connectivity index (χ0n) is 22.6. The summed E-state index contributed by atoms with van der Waals surface area (Å²) >= 11 is 0. The van der Waals surface area contributed by atoms with Crippen LogP contribution in [0.4, 0.5) is 13.2 Å². The van der Waals surface area contributed by atoms with Gasteiger partial charge in [0, 0.05) is 28.3 Å². The molecule has 0 unspecified atom stereocenters. The summed E-state index contributed by atoms with van der Waals surface area (Å²) in [6.07, 6.45) is -3.39. The van der Waals surface area contributed by atoms with Gasteiger partial charge < -0.3 is 9.47 Å². The van der Waals surface area contributed by atoms with Crippen molar-refractivity contribution in [2.24, 2.45) is 0 Å². The molecule has 0 N–H and O–H groups in total. The van der Waals surface area contributed by atoms with Crippen molar-refractivity contribution in [2.75, 3.05) is 0 Å². The number of hydrogen-bond donors (Lipinski definition) is 0. The number of nitrogens with zero attached hydrogens (tertiary/aromatic N) is 2. The highest BCUT2D eigenvalue weighted by Gasteiger charge is 2.41. The molecule has 0 spiro atoms. The van der Waals surface area contributed by atoms with E-state index in [2.05, 4.69) is 9.72 Å². The Labute approximate surface area is 245 Å². The fraction of sp³-hybridized carbons (Fsp3) is 0.0571. The maximum Gasteiger partial charge on any atom is 0.491 e. The van der Waals surface area contributed by atoms with Gasteiger partial charge in [0.1, 0.15) is 18.1 Å². The Morgan fingerprint density at radius 2 is 1.28 bits per heavy atom. The number of benzene rings is 4. The number of hydrogen-bond acceptors (Lipinski definition) is 5. The first-order valence-corrected chi connectivity index (χ1v) is 13.4. The predicted octanol–water partition coefficient (Wildman–Crippen LogP) is 8.68. The summed E-state index contributed by atoms with van der Waals surface area (Å²) in [5, 5.41) is 0.832. The first kappa shape index (κ1) is 27.7. The van der Waals surface area contributed by atoms with Crippen molar-refractivity contribution in [3.05, 3.63) is 133 Å². The Balaban J connectivity index is 1.36. The molecule has 2 aromatic heterocycles. The molecule has 0 aliphatic rings. The summed E-state index contributed by atoms with van der Waals surface area (Å²) in [5.74, 6) is -1.75. The van der Waals surface area contributed by atoms with Crippen LogP contribution < -0.4 is 9.47 Å². The molecule has 0 fully saturated rings. The van der Waals surface area contributed by atoms with Crippen LogP contribution in [0, 0.1) is 0 Å². The highest BCUT2D eigenvalue weighted by atomic mass is 19.4. The first-order valence-electron chi connectivity index (χ1n) is 13.4. The van der Waals surface area contributed by atoms with E-state index >= 15 is 0 Å². The van der Waals surface area contributed by atoms with Crippen molar-refractivity contribution in [2.45, 2.75) is 12.8 Å². The van der Waals surface area contributed by atoms with Gasteiger partial charge in [0.25, 0.3) is 0 Å². The number of ether oxygens (including phenoxy) is 2. The van der Waals surface area contributed by atoms with Gasteiger partial charge in [0.05, 0.1) is 16.9 Å². The maximum absolute atomic E-state index is 12.6. The van der Waals surface area contributed by atoms with Crippen LogP contribution >= 0.6 is 0 Å². The van der Waals surface area contributed by atoms with Gasteiger partial charge in [-0.15, -0.1) is 0 Å². The lowest BCUT2D eigenvalue weighted by Crippen LogP contribution is -2.27. The van der Waals surface area contributed by atoms with Crippen LogP contribution in [-0.2, 0) is 11.4 Å². The number of halogens is 3. The van der Waals surface area contributed by atoms with Crippen LogP contribution in [0.25, 0.3) is 44.5 Å². The van der Waals surface area contributed by atoms with E-state index in [4.69, 9.17) is 9.72 Å². The van der Waals surface area contributed by atoms with Crippen molar-refractivity contribution < 1.29 is 27.4 Å². The lowest BCUT2D eigenvalue weighted by atomic mass is 9.96. The molecule has 0 atom stereocenters. The van der Waals surface area contributed by atoms with Gasteiger partial charge in [0.2, 0.25) is 0 Å². The standard InChI is InChI=1S/C35H23F3N2O3/c36-35(37,38)34(41)43-28-17-13-26(14-18-28)33-29(24-9-5-2-6-10-24)21-30-31(40-33)19-20-39-32(30)25-11-15-27(16-12-25)42-22-23-7-3-1-4-8-23/h1-21H,22H2. The van der Waals surface area contributed by atoms with Crippen molar-refractivity contribution in [3.63, 3.8) is 0 Å². The van der Waals surface area contributed by atoms with Crippen LogP contribution in [0.15, 0.2) is 128 Å². The molecule has 4 aromatic carbocycles. The van der Waals surface area contributed by atoms with Crippen molar-refractivity contribution in [1.82, 2.24) is 9.97 Å². The van der Waals surface area contributed by atoms with E-state index in [1.54, 1.807) is 18.3 Å². The zero-order valence-corrected chi connectivity index (χ0v) is 22.6. The van der Waals surface area contributed by atoms with Gasteiger partial charge >= 0.3 is 12.1 Å². The summed E-state index contributed by atoms with van der Waals surface area (Å²) in [6.45, 7) is 0.464. The monoisotopic (exact) mass is 576 g/mol. The van der Waals surface area contributed by atoms with Crippen LogP contribution in [-0.4, -0.2) is 22.1 Å². The largest absolute Gasteiger partial charge is 0.491 e. The van der Waals surface area contributed by atoms with Gasteiger partial charge in [-0.2, -0.15) is 13.2 Å².